The Hall–Kier alpha value is -0.690. The van der Waals surface area contributed by atoms with Crippen LogP contribution in [-0.2, 0) is 16.6 Å². The van der Waals surface area contributed by atoms with Gasteiger partial charge in [-0.3, -0.25) is 0 Å². The first kappa shape index (κ1) is 17.4. The third-order valence-corrected chi connectivity index (χ3v) is 6.35. The Balaban J connectivity index is 3.16. The van der Waals surface area contributed by atoms with Gasteiger partial charge in [-0.2, -0.15) is 4.31 Å². The van der Waals surface area contributed by atoms with Crippen molar-refractivity contribution in [3.8, 4) is 0 Å². The predicted octanol–water partition coefficient (Wildman–Crippen LogP) is 2.75. The van der Waals surface area contributed by atoms with E-state index in [0.29, 0.717) is 30.6 Å². The Labute approximate surface area is 126 Å². The fourth-order valence-corrected chi connectivity index (χ4v) is 5.05. The van der Waals surface area contributed by atoms with E-state index in [1.165, 1.54) is 15.6 Å². The molecular formula is C14H24N2O2S2. The lowest BCUT2D eigenvalue weighted by molar-refractivity contribution is 0.458. The van der Waals surface area contributed by atoms with Gasteiger partial charge in [0.2, 0.25) is 10.0 Å². The molecule has 114 valence electrons. The van der Waals surface area contributed by atoms with Crippen LogP contribution in [0.2, 0.25) is 0 Å². The second-order valence-electron chi connectivity index (χ2n) is 4.95. The van der Waals surface area contributed by atoms with E-state index in [4.69, 9.17) is 0 Å². The molecular weight excluding hydrogens is 292 g/mol. The highest BCUT2D eigenvalue weighted by molar-refractivity contribution is 7.89. The summed E-state index contributed by atoms with van der Waals surface area (Å²) in [5.74, 6) is 0. The van der Waals surface area contributed by atoms with E-state index in [9.17, 15) is 8.42 Å². The first-order valence-corrected chi connectivity index (χ1v) is 9.07. The summed E-state index contributed by atoms with van der Waals surface area (Å²) in [5.41, 5.74) is 0.818. The number of aryl methyl sites for hydroxylation is 1. The Morgan fingerprint density at radius 2 is 2.15 bits per heavy atom. The number of hydrogen-bond donors (Lipinski definition) is 1. The molecule has 0 bridgehead atoms. The van der Waals surface area contributed by atoms with Crippen LogP contribution in [0.3, 0.4) is 0 Å². The first-order chi connectivity index (χ1) is 9.34. The maximum absolute atomic E-state index is 12.8. The fraction of sp³-hybridized carbons (Fsp3) is 0.571. The molecule has 1 N–H and O–H groups in total. The maximum atomic E-state index is 12.8. The third-order valence-electron chi connectivity index (χ3n) is 2.94. The molecule has 6 heteroatoms. The molecule has 0 fully saturated rings. The molecule has 0 saturated heterocycles. The van der Waals surface area contributed by atoms with Crippen LogP contribution in [-0.4, -0.2) is 31.9 Å². The Morgan fingerprint density at radius 3 is 2.65 bits per heavy atom. The van der Waals surface area contributed by atoms with Gasteiger partial charge in [0.25, 0.3) is 0 Å². The minimum atomic E-state index is -3.45. The number of hydrogen-bond acceptors (Lipinski definition) is 4. The molecule has 0 radical (unpaired) electrons. The van der Waals surface area contributed by atoms with Crippen LogP contribution in [0.5, 0.6) is 0 Å². The van der Waals surface area contributed by atoms with E-state index in [2.05, 4.69) is 11.9 Å². The third kappa shape index (κ3) is 3.91. The Kier molecular flexibility index (Phi) is 6.39. The molecule has 0 aliphatic carbocycles. The number of nitrogens with one attached hydrogen (secondary N) is 1. The normalized spacial score (nSPS) is 12.3. The molecule has 1 heterocycles. The van der Waals surface area contributed by atoms with Crippen molar-refractivity contribution in [1.29, 1.82) is 0 Å². The van der Waals surface area contributed by atoms with Crippen molar-refractivity contribution in [3.63, 3.8) is 0 Å². The van der Waals surface area contributed by atoms with Crippen LogP contribution in [0.25, 0.3) is 0 Å². The standard InChI is InChI=1S/C14H24N2O2S2/c1-6-8-16(7-2)20(17,18)14-12(5)10-19-13(14)9-15-11(3)4/h6,10-11,15H,1,7-9H2,2-5H3. The number of rotatable bonds is 8. The van der Waals surface area contributed by atoms with Crippen LogP contribution in [0, 0.1) is 6.92 Å². The van der Waals surface area contributed by atoms with Crippen molar-refractivity contribution in [2.45, 2.75) is 45.2 Å². The molecule has 0 amide bonds. The van der Waals surface area contributed by atoms with Crippen molar-refractivity contribution in [2.24, 2.45) is 0 Å². The number of sulfonamides is 1. The van der Waals surface area contributed by atoms with Gasteiger partial charge in [-0.15, -0.1) is 17.9 Å². The molecule has 0 saturated carbocycles. The summed E-state index contributed by atoms with van der Waals surface area (Å²) in [4.78, 5) is 1.33. The van der Waals surface area contributed by atoms with Crippen molar-refractivity contribution in [3.05, 3.63) is 28.5 Å². The fourth-order valence-electron chi connectivity index (χ4n) is 1.92. The van der Waals surface area contributed by atoms with E-state index in [1.54, 1.807) is 6.08 Å². The van der Waals surface area contributed by atoms with E-state index in [0.717, 1.165) is 10.4 Å². The van der Waals surface area contributed by atoms with Crippen molar-refractivity contribution in [1.82, 2.24) is 9.62 Å². The molecule has 0 atom stereocenters. The average Bonchev–Trinajstić information content (AvgIpc) is 2.75. The van der Waals surface area contributed by atoms with Gasteiger partial charge in [-0.05, 0) is 17.9 Å². The highest BCUT2D eigenvalue weighted by Crippen LogP contribution is 2.29. The molecule has 0 spiro atoms. The van der Waals surface area contributed by atoms with Crippen molar-refractivity contribution < 1.29 is 8.42 Å². The van der Waals surface area contributed by atoms with Crippen molar-refractivity contribution in [2.75, 3.05) is 13.1 Å². The van der Waals surface area contributed by atoms with E-state index in [-0.39, 0.29) is 0 Å². The van der Waals surface area contributed by atoms with Gasteiger partial charge in [0.15, 0.2) is 0 Å². The summed E-state index contributed by atoms with van der Waals surface area (Å²) in [7, 11) is -3.45. The Bertz CT molecular complexity index is 548. The summed E-state index contributed by atoms with van der Waals surface area (Å²) >= 11 is 1.50. The van der Waals surface area contributed by atoms with Crippen LogP contribution in [0.4, 0.5) is 0 Å². The average molecular weight is 316 g/mol. The molecule has 0 aliphatic heterocycles. The van der Waals surface area contributed by atoms with Crippen LogP contribution in [0.15, 0.2) is 22.9 Å². The van der Waals surface area contributed by atoms with E-state index in [1.807, 2.05) is 33.1 Å². The van der Waals surface area contributed by atoms with Crippen LogP contribution >= 0.6 is 11.3 Å². The topological polar surface area (TPSA) is 49.4 Å². The molecule has 1 rings (SSSR count). The largest absolute Gasteiger partial charge is 0.310 e. The number of thiophene rings is 1. The van der Waals surface area contributed by atoms with Gasteiger partial charge in [0.1, 0.15) is 4.90 Å². The summed E-state index contributed by atoms with van der Waals surface area (Å²) in [5, 5.41) is 5.19. The lowest BCUT2D eigenvalue weighted by atomic mass is 10.3. The van der Waals surface area contributed by atoms with Crippen molar-refractivity contribution >= 4 is 21.4 Å². The summed E-state index contributed by atoms with van der Waals surface area (Å²) in [6, 6.07) is 0.323. The zero-order valence-corrected chi connectivity index (χ0v) is 14.3. The number of likely N-dealkylation sites (N-methyl/N-ethyl adjacent to an activating group) is 1. The highest BCUT2D eigenvalue weighted by atomic mass is 32.2. The van der Waals surface area contributed by atoms with Crippen LogP contribution in [0.1, 0.15) is 31.2 Å². The first-order valence-electron chi connectivity index (χ1n) is 6.76. The molecule has 4 nitrogen and oxygen atoms in total. The molecule has 0 aromatic carbocycles. The van der Waals surface area contributed by atoms with Gasteiger partial charge in [-0.1, -0.05) is 26.8 Å². The van der Waals surface area contributed by atoms with Gasteiger partial charge < -0.3 is 5.32 Å². The van der Waals surface area contributed by atoms with E-state index < -0.39 is 10.0 Å². The maximum Gasteiger partial charge on any atom is 0.244 e. The minimum Gasteiger partial charge on any atom is -0.310 e. The lowest BCUT2D eigenvalue weighted by Gasteiger charge is -2.20. The molecule has 0 unspecified atom stereocenters. The summed E-state index contributed by atoms with van der Waals surface area (Å²) in [6.45, 7) is 12.8. The van der Waals surface area contributed by atoms with Crippen LogP contribution < -0.4 is 5.32 Å². The number of nitrogens with zero attached hydrogens (tertiary/aromatic N) is 1. The Morgan fingerprint density at radius 1 is 1.50 bits per heavy atom. The molecule has 20 heavy (non-hydrogen) atoms. The van der Waals surface area contributed by atoms with Gasteiger partial charge in [-0.25, -0.2) is 8.42 Å². The van der Waals surface area contributed by atoms with Gasteiger partial charge >= 0.3 is 0 Å². The molecule has 1 aromatic rings. The SMILES string of the molecule is C=CCN(CC)S(=O)(=O)c1c(C)csc1CNC(C)C. The highest BCUT2D eigenvalue weighted by Gasteiger charge is 2.28. The van der Waals surface area contributed by atoms with Gasteiger partial charge in [0, 0.05) is 30.6 Å². The monoisotopic (exact) mass is 316 g/mol. The van der Waals surface area contributed by atoms with E-state index >= 15 is 0 Å². The summed E-state index contributed by atoms with van der Waals surface area (Å²) in [6.07, 6.45) is 1.62. The zero-order valence-electron chi connectivity index (χ0n) is 12.6. The second-order valence-corrected chi connectivity index (χ2v) is 7.79. The van der Waals surface area contributed by atoms with Gasteiger partial charge in [0.05, 0.1) is 0 Å². The molecule has 1 aromatic heterocycles. The zero-order chi connectivity index (χ0) is 15.3. The second kappa shape index (κ2) is 7.36. The quantitative estimate of drug-likeness (QED) is 0.750. The predicted molar refractivity (Wildman–Crippen MR) is 85.7 cm³/mol. The smallest absolute Gasteiger partial charge is 0.244 e. The summed E-state index contributed by atoms with van der Waals surface area (Å²) < 4.78 is 27.0. The minimum absolute atomic E-state index is 0.323. The lowest BCUT2D eigenvalue weighted by Crippen LogP contribution is -2.32. The molecule has 0 aliphatic rings.